The molecule has 0 aromatic carbocycles. The van der Waals surface area contributed by atoms with Gasteiger partial charge >= 0.3 is 5.97 Å². The molecule has 1 aromatic rings. The van der Waals surface area contributed by atoms with Crippen molar-refractivity contribution >= 4 is 17.7 Å². The smallest absolute Gasteiger partial charge is 0.338 e. The first-order chi connectivity index (χ1) is 5.66. The van der Waals surface area contributed by atoms with Crippen molar-refractivity contribution in [2.45, 2.75) is 11.9 Å². The van der Waals surface area contributed by atoms with Crippen molar-refractivity contribution in [3.05, 3.63) is 23.4 Å². The van der Waals surface area contributed by atoms with E-state index < -0.39 is 5.97 Å². The van der Waals surface area contributed by atoms with Gasteiger partial charge in [0.05, 0.1) is 5.56 Å². The molecule has 0 aliphatic carbocycles. The quantitative estimate of drug-likeness (QED) is 0.710. The third-order valence-electron chi connectivity index (χ3n) is 1.53. The summed E-state index contributed by atoms with van der Waals surface area (Å²) in [5.74, 6) is -0.912. The molecule has 0 spiro atoms. The zero-order valence-electron chi connectivity index (χ0n) is 6.87. The van der Waals surface area contributed by atoms with Crippen LogP contribution in [0.3, 0.4) is 0 Å². The number of aromatic nitrogens is 1. The Morgan fingerprint density at radius 1 is 1.67 bits per heavy atom. The van der Waals surface area contributed by atoms with E-state index in [-0.39, 0.29) is 0 Å². The third kappa shape index (κ3) is 1.58. The van der Waals surface area contributed by atoms with E-state index in [1.165, 1.54) is 11.8 Å². The van der Waals surface area contributed by atoms with Gasteiger partial charge in [-0.05, 0) is 24.8 Å². The lowest BCUT2D eigenvalue weighted by Gasteiger charge is -2.03. The van der Waals surface area contributed by atoms with Gasteiger partial charge in [0.15, 0.2) is 0 Å². The molecule has 1 aromatic heterocycles. The highest BCUT2D eigenvalue weighted by Gasteiger charge is 2.12. The number of thioether (sulfide) groups is 1. The SMILES string of the molecule is CSc1nccc(C)c1C(=O)O. The van der Waals surface area contributed by atoms with Gasteiger partial charge in [0.25, 0.3) is 0 Å². The second-order valence-electron chi connectivity index (χ2n) is 2.32. The Balaban J connectivity index is 3.29. The van der Waals surface area contributed by atoms with Gasteiger partial charge < -0.3 is 5.11 Å². The van der Waals surface area contributed by atoms with Crippen LogP contribution in [0.2, 0.25) is 0 Å². The molecule has 0 fully saturated rings. The van der Waals surface area contributed by atoms with Crippen LogP contribution in [-0.2, 0) is 0 Å². The highest BCUT2D eigenvalue weighted by atomic mass is 32.2. The Labute approximate surface area is 74.8 Å². The molecule has 0 amide bonds. The molecular formula is C8H9NO2S. The highest BCUT2D eigenvalue weighted by molar-refractivity contribution is 7.98. The molecule has 0 saturated heterocycles. The van der Waals surface area contributed by atoms with E-state index in [0.29, 0.717) is 10.6 Å². The minimum Gasteiger partial charge on any atom is -0.478 e. The summed E-state index contributed by atoms with van der Waals surface area (Å²) in [6, 6.07) is 1.70. The zero-order valence-corrected chi connectivity index (χ0v) is 7.68. The number of nitrogens with zero attached hydrogens (tertiary/aromatic N) is 1. The van der Waals surface area contributed by atoms with Crippen molar-refractivity contribution in [3.8, 4) is 0 Å². The van der Waals surface area contributed by atoms with Crippen LogP contribution in [0.5, 0.6) is 0 Å². The number of aromatic carboxylic acids is 1. The van der Waals surface area contributed by atoms with Gasteiger partial charge in [0.2, 0.25) is 0 Å². The predicted octanol–water partition coefficient (Wildman–Crippen LogP) is 1.81. The minimum atomic E-state index is -0.912. The lowest BCUT2D eigenvalue weighted by Crippen LogP contribution is -2.03. The normalized spacial score (nSPS) is 9.83. The summed E-state index contributed by atoms with van der Waals surface area (Å²) in [5.41, 5.74) is 1.06. The largest absolute Gasteiger partial charge is 0.478 e. The first-order valence-corrected chi connectivity index (χ1v) is 4.62. The number of carboxylic acids is 1. The van der Waals surface area contributed by atoms with Gasteiger partial charge in [-0.25, -0.2) is 9.78 Å². The van der Waals surface area contributed by atoms with E-state index in [2.05, 4.69) is 4.98 Å². The molecule has 1 rings (SSSR count). The van der Waals surface area contributed by atoms with Crippen molar-refractivity contribution < 1.29 is 9.90 Å². The number of pyridine rings is 1. The van der Waals surface area contributed by atoms with E-state index in [1.807, 2.05) is 6.26 Å². The van der Waals surface area contributed by atoms with Crippen LogP contribution in [0.4, 0.5) is 0 Å². The van der Waals surface area contributed by atoms with Gasteiger partial charge in [-0.2, -0.15) is 0 Å². The summed E-state index contributed by atoms with van der Waals surface area (Å²) in [7, 11) is 0. The summed E-state index contributed by atoms with van der Waals surface area (Å²) in [6.07, 6.45) is 3.43. The van der Waals surface area contributed by atoms with Gasteiger partial charge in [-0.3, -0.25) is 0 Å². The van der Waals surface area contributed by atoms with Crippen molar-refractivity contribution in [3.63, 3.8) is 0 Å². The van der Waals surface area contributed by atoms with Gasteiger partial charge in [-0.15, -0.1) is 11.8 Å². The summed E-state index contributed by atoms with van der Waals surface area (Å²) < 4.78 is 0. The highest BCUT2D eigenvalue weighted by Crippen LogP contribution is 2.19. The molecule has 1 N–H and O–H groups in total. The molecule has 0 aliphatic rings. The Bertz CT molecular complexity index is 312. The molecule has 0 atom stereocenters. The van der Waals surface area contributed by atoms with Crippen LogP contribution in [0.1, 0.15) is 15.9 Å². The number of aryl methyl sites for hydroxylation is 1. The second kappa shape index (κ2) is 3.58. The maximum Gasteiger partial charge on any atom is 0.338 e. The fraction of sp³-hybridized carbons (Fsp3) is 0.250. The molecule has 12 heavy (non-hydrogen) atoms. The molecule has 1 heterocycles. The van der Waals surface area contributed by atoms with Crippen LogP contribution in [0.25, 0.3) is 0 Å². The molecule has 64 valence electrons. The van der Waals surface area contributed by atoms with E-state index in [9.17, 15) is 4.79 Å². The molecule has 0 aliphatic heterocycles. The molecule has 0 radical (unpaired) electrons. The first kappa shape index (κ1) is 9.06. The van der Waals surface area contributed by atoms with Crippen molar-refractivity contribution in [2.24, 2.45) is 0 Å². The molecular weight excluding hydrogens is 174 g/mol. The Morgan fingerprint density at radius 3 is 2.75 bits per heavy atom. The number of hydrogen-bond donors (Lipinski definition) is 1. The Kier molecular flexibility index (Phi) is 2.70. The van der Waals surface area contributed by atoms with Gasteiger partial charge in [0.1, 0.15) is 5.03 Å². The van der Waals surface area contributed by atoms with Crippen LogP contribution in [0.15, 0.2) is 17.3 Å². The maximum absolute atomic E-state index is 10.7. The molecule has 3 nitrogen and oxygen atoms in total. The van der Waals surface area contributed by atoms with Crippen LogP contribution >= 0.6 is 11.8 Å². The van der Waals surface area contributed by atoms with Crippen molar-refractivity contribution in [1.29, 1.82) is 0 Å². The van der Waals surface area contributed by atoms with Crippen molar-refractivity contribution in [1.82, 2.24) is 4.98 Å². The lowest BCUT2D eigenvalue weighted by molar-refractivity contribution is 0.0691. The minimum absolute atomic E-state index is 0.310. The summed E-state index contributed by atoms with van der Waals surface area (Å²) >= 11 is 1.35. The summed E-state index contributed by atoms with van der Waals surface area (Å²) in [6.45, 7) is 1.77. The predicted molar refractivity (Wildman–Crippen MR) is 47.7 cm³/mol. The molecule has 4 heteroatoms. The monoisotopic (exact) mass is 183 g/mol. The average Bonchev–Trinajstić information content (AvgIpc) is 2.03. The summed E-state index contributed by atoms with van der Waals surface area (Å²) in [5, 5.41) is 9.40. The molecule has 0 unspecified atom stereocenters. The van der Waals surface area contributed by atoms with Crippen LogP contribution in [-0.4, -0.2) is 22.3 Å². The molecule has 0 saturated carbocycles. The van der Waals surface area contributed by atoms with E-state index in [1.54, 1.807) is 19.2 Å². The number of carbonyl (C=O) groups is 1. The maximum atomic E-state index is 10.7. The molecule has 0 bridgehead atoms. The topological polar surface area (TPSA) is 50.2 Å². The lowest BCUT2D eigenvalue weighted by atomic mass is 10.2. The standard InChI is InChI=1S/C8H9NO2S/c1-5-3-4-9-7(12-2)6(5)8(10)11/h3-4H,1-2H3,(H,10,11). The van der Waals surface area contributed by atoms with Crippen molar-refractivity contribution in [2.75, 3.05) is 6.26 Å². The zero-order chi connectivity index (χ0) is 9.14. The Hall–Kier alpha value is -1.03. The second-order valence-corrected chi connectivity index (χ2v) is 3.11. The summed E-state index contributed by atoms with van der Waals surface area (Å²) in [4.78, 5) is 14.7. The van der Waals surface area contributed by atoms with Crippen LogP contribution in [0, 0.1) is 6.92 Å². The van der Waals surface area contributed by atoms with E-state index in [0.717, 1.165) is 5.56 Å². The fourth-order valence-electron chi connectivity index (χ4n) is 0.948. The average molecular weight is 183 g/mol. The Morgan fingerprint density at radius 2 is 2.33 bits per heavy atom. The van der Waals surface area contributed by atoms with Gasteiger partial charge in [-0.1, -0.05) is 0 Å². The van der Waals surface area contributed by atoms with Gasteiger partial charge in [0, 0.05) is 6.20 Å². The number of hydrogen-bond acceptors (Lipinski definition) is 3. The first-order valence-electron chi connectivity index (χ1n) is 3.39. The fourth-order valence-corrected chi connectivity index (χ4v) is 1.57. The number of rotatable bonds is 2. The van der Waals surface area contributed by atoms with E-state index >= 15 is 0 Å². The third-order valence-corrected chi connectivity index (χ3v) is 2.23. The van der Waals surface area contributed by atoms with E-state index in [4.69, 9.17) is 5.11 Å². The van der Waals surface area contributed by atoms with Crippen LogP contribution < -0.4 is 0 Å². The number of carboxylic acid groups (broad SMARTS) is 1.